The summed E-state index contributed by atoms with van der Waals surface area (Å²) in [4.78, 5) is 10.7. The second-order valence-electron chi connectivity index (χ2n) is 2.64. The minimum atomic E-state index is -0.386. The van der Waals surface area contributed by atoms with E-state index in [4.69, 9.17) is 5.11 Å². The fourth-order valence-electron chi connectivity index (χ4n) is 0.770. The van der Waals surface area contributed by atoms with E-state index in [1.807, 2.05) is 0 Å². The van der Waals surface area contributed by atoms with E-state index in [9.17, 15) is 4.79 Å². The Morgan fingerprint density at radius 3 is 2.83 bits per heavy atom. The second-order valence-corrected chi connectivity index (χ2v) is 2.64. The lowest BCUT2D eigenvalue weighted by atomic mass is 10.2. The quantitative estimate of drug-likeness (QED) is 0.610. The topological polar surface area (TPSA) is 58.6 Å². The van der Waals surface area contributed by atoms with Crippen molar-refractivity contribution in [1.29, 1.82) is 0 Å². The van der Waals surface area contributed by atoms with Gasteiger partial charge in [-0.05, 0) is 26.7 Å². The van der Waals surface area contributed by atoms with Crippen LogP contribution in [0.3, 0.4) is 0 Å². The van der Waals surface area contributed by atoms with Gasteiger partial charge in [0.1, 0.15) is 0 Å². The number of amides is 1. The highest BCUT2D eigenvalue weighted by atomic mass is 16.5. The van der Waals surface area contributed by atoms with Crippen molar-refractivity contribution in [3.63, 3.8) is 0 Å². The fourth-order valence-corrected chi connectivity index (χ4v) is 0.770. The highest BCUT2D eigenvalue weighted by Crippen LogP contribution is 1.93. The molecule has 0 aromatic carbocycles. The minimum Gasteiger partial charge on any atom is -0.450 e. The average Bonchev–Trinajstić information content (AvgIpc) is 1.98. The Hall–Kier alpha value is -0.770. The molecule has 0 heterocycles. The summed E-state index contributed by atoms with van der Waals surface area (Å²) < 4.78 is 4.64. The summed E-state index contributed by atoms with van der Waals surface area (Å²) in [7, 11) is 0. The van der Waals surface area contributed by atoms with Gasteiger partial charge in [-0.2, -0.15) is 0 Å². The van der Waals surface area contributed by atoms with E-state index in [1.165, 1.54) is 0 Å². The molecule has 4 heteroatoms. The predicted octanol–water partition coefficient (Wildman–Crippen LogP) is 0.893. The Morgan fingerprint density at radius 1 is 1.67 bits per heavy atom. The van der Waals surface area contributed by atoms with Gasteiger partial charge in [0.2, 0.25) is 0 Å². The van der Waals surface area contributed by atoms with Gasteiger partial charge < -0.3 is 15.2 Å². The Balaban J connectivity index is 3.14. The highest BCUT2D eigenvalue weighted by molar-refractivity contribution is 5.66. The van der Waals surface area contributed by atoms with E-state index < -0.39 is 0 Å². The van der Waals surface area contributed by atoms with Gasteiger partial charge in [0, 0.05) is 6.54 Å². The zero-order valence-corrected chi connectivity index (χ0v) is 7.67. The predicted molar refractivity (Wildman–Crippen MR) is 45.9 cm³/mol. The molecule has 72 valence electrons. The number of alkyl carbamates (subject to hydrolysis) is 1. The van der Waals surface area contributed by atoms with E-state index in [1.54, 1.807) is 13.8 Å². The van der Waals surface area contributed by atoms with Gasteiger partial charge in [-0.1, -0.05) is 0 Å². The van der Waals surface area contributed by atoms with Crippen LogP contribution in [0.2, 0.25) is 0 Å². The summed E-state index contributed by atoms with van der Waals surface area (Å²) >= 11 is 0. The van der Waals surface area contributed by atoms with Crippen molar-refractivity contribution in [3.8, 4) is 0 Å². The van der Waals surface area contributed by atoms with Crippen LogP contribution in [0.1, 0.15) is 26.7 Å². The van der Waals surface area contributed by atoms with Gasteiger partial charge in [-0.25, -0.2) is 4.79 Å². The third-order valence-electron chi connectivity index (χ3n) is 1.34. The summed E-state index contributed by atoms with van der Waals surface area (Å²) in [5, 5.41) is 11.4. The maximum absolute atomic E-state index is 10.7. The number of ether oxygens (including phenoxy) is 1. The molecule has 0 rings (SSSR count). The molecule has 0 saturated carbocycles. The Kier molecular flexibility index (Phi) is 6.47. The molecular weight excluding hydrogens is 158 g/mol. The van der Waals surface area contributed by atoms with Crippen molar-refractivity contribution >= 4 is 6.09 Å². The zero-order chi connectivity index (χ0) is 9.40. The normalized spacial score (nSPS) is 12.2. The molecule has 0 aromatic heterocycles. The van der Waals surface area contributed by atoms with Gasteiger partial charge in [0.15, 0.2) is 0 Å². The molecule has 0 aliphatic rings. The summed E-state index contributed by atoms with van der Waals surface area (Å²) in [6, 6.07) is 0. The average molecular weight is 175 g/mol. The highest BCUT2D eigenvalue weighted by Gasteiger charge is 1.99. The number of carbonyl (C=O) groups is 1. The van der Waals surface area contributed by atoms with Crippen LogP contribution >= 0.6 is 0 Å². The van der Waals surface area contributed by atoms with E-state index in [0.717, 1.165) is 6.42 Å². The molecule has 0 bridgehead atoms. The van der Waals surface area contributed by atoms with Crippen molar-refractivity contribution in [2.24, 2.45) is 0 Å². The lowest BCUT2D eigenvalue weighted by molar-refractivity contribution is 0.149. The molecule has 0 radical (unpaired) electrons. The van der Waals surface area contributed by atoms with Crippen molar-refractivity contribution in [2.75, 3.05) is 13.2 Å². The van der Waals surface area contributed by atoms with Crippen molar-refractivity contribution in [3.05, 3.63) is 0 Å². The fraction of sp³-hybridized carbons (Fsp3) is 0.875. The molecule has 1 unspecified atom stereocenters. The van der Waals surface area contributed by atoms with Crippen LogP contribution in [0.4, 0.5) is 4.79 Å². The number of carbonyl (C=O) groups excluding carboxylic acids is 1. The second kappa shape index (κ2) is 6.91. The molecule has 12 heavy (non-hydrogen) atoms. The van der Waals surface area contributed by atoms with Crippen LogP contribution in [-0.4, -0.2) is 30.5 Å². The lowest BCUT2D eigenvalue weighted by Gasteiger charge is -2.05. The number of rotatable bonds is 5. The molecule has 4 nitrogen and oxygen atoms in total. The van der Waals surface area contributed by atoms with Gasteiger partial charge in [0.25, 0.3) is 0 Å². The molecule has 1 amide bonds. The summed E-state index contributed by atoms with van der Waals surface area (Å²) in [6.45, 7) is 4.44. The maximum Gasteiger partial charge on any atom is 0.407 e. The van der Waals surface area contributed by atoms with E-state index in [0.29, 0.717) is 19.6 Å². The number of aliphatic hydroxyl groups excluding tert-OH is 1. The van der Waals surface area contributed by atoms with Crippen molar-refractivity contribution < 1.29 is 14.6 Å². The van der Waals surface area contributed by atoms with Crippen LogP contribution in [0.15, 0.2) is 0 Å². The summed E-state index contributed by atoms with van der Waals surface area (Å²) in [5.74, 6) is 0. The first-order chi connectivity index (χ1) is 5.66. The maximum atomic E-state index is 10.7. The van der Waals surface area contributed by atoms with Crippen LogP contribution in [0, 0.1) is 0 Å². The Morgan fingerprint density at radius 2 is 2.33 bits per heavy atom. The first kappa shape index (κ1) is 11.2. The molecule has 0 fully saturated rings. The van der Waals surface area contributed by atoms with E-state index in [-0.39, 0.29) is 12.2 Å². The SMILES string of the molecule is CCOC(=O)NCCCC(C)O. The lowest BCUT2D eigenvalue weighted by Crippen LogP contribution is -2.25. The van der Waals surface area contributed by atoms with Crippen LogP contribution in [-0.2, 0) is 4.74 Å². The number of aliphatic hydroxyl groups is 1. The van der Waals surface area contributed by atoms with Gasteiger partial charge in [0.05, 0.1) is 12.7 Å². The molecule has 2 N–H and O–H groups in total. The molecule has 1 atom stereocenters. The molecule has 0 aliphatic carbocycles. The number of hydrogen-bond acceptors (Lipinski definition) is 3. The molecule has 0 aromatic rings. The third kappa shape index (κ3) is 7.34. The summed E-state index contributed by atoms with van der Waals surface area (Å²) in [6.07, 6.45) is 0.792. The summed E-state index contributed by atoms with van der Waals surface area (Å²) in [5.41, 5.74) is 0. The van der Waals surface area contributed by atoms with Crippen molar-refractivity contribution in [2.45, 2.75) is 32.8 Å². The first-order valence-electron chi connectivity index (χ1n) is 4.25. The van der Waals surface area contributed by atoms with E-state index >= 15 is 0 Å². The Labute approximate surface area is 72.9 Å². The smallest absolute Gasteiger partial charge is 0.407 e. The minimum absolute atomic E-state index is 0.297. The van der Waals surface area contributed by atoms with Crippen LogP contribution < -0.4 is 5.32 Å². The first-order valence-corrected chi connectivity index (χ1v) is 4.25. The molecule has 0 saturated heterocycles. The van der Waals surface area contributed by atoms with Gasteiger partial charge in [-0.15, -0.1) is 0 Å². The standard InChI is InChI=1S/C8H17NO3/c1-3-12-8(11)9-6-4-5-7(2)10/h7,10H,3-6H2,1-2H3,(H,9,11). The number of hydrogen-bond donors (Lipinski definition) is 2. The van der Waals surface area contributed by atoms with E-state index in [2.05, 4.69) is 10.1 Å². The Bertz CT molecular complexity index is 125. The molecule has 0 aliphatic heterocycles. The van der Waals surface area contributed by atoms with Crippen LogP contribution in [0.25, 0.3) is 0 Å². The zero-order valence-electron chi connectivity index (χ0n) is 7.67. The van der Waals surface area contributed by atoms with Crippen molar-refractivity contribution in [1.82, 2.24) is 5.32 Å². The van der Waals surface area contributed by atoms with Crippen LogP contribution in [0.5, 0.6) is 0 Å². The van der Waals surface area contributed by atoms with Gasteiger partial charge in [-0.3, -0.25) is 0 Å². The monoisotopic (exact) mass is 175 g/mol. The number of nitrogens with one attached hydrogen (secondary N) is 1. The largest absolute Gasteiger partial charge is 0.450 e. The molecule has 0 spiro atoms. The van der Waals surface area contributed by atoms with Gasteiger partial charge >= 0.3 is 6.09 Å². The third-order valence-corrected chi connectivity index (χ3v) is 1.34. The molecular formula is C8H17NO3.